The predicted molar refractivity (Wildman–Crippen MR) is 81.6 cm³/mol. The van der Waals surface area contributed by atoms with E-state index >= 15 is 0 Å². The topological polar surface area (TPSA) is 64.9 Å². The predicted octanol–water partition coefficient (Wildman–Crippen LogP) is 2.95. The number of carbonyl (C=O) groups excluding carboxylic acids is 1. The molecule has 2 N–H and O–H groups in total. The minimum absolute atomic E-state index is 0.0397. The molecule has 0 heterocycles. The number of rotatable bonds is 4. The van der Waals surface area contributed by atoms with E-state index in [0.29, 0.717) is 17.3 Å². The van der Waals surface area contributed by atoms with Gasteiger partial charge in [-0.15, -0.1) is 0 Å². The molecule has 116 valence electrons. The fraction of sp³-hybridized carbons (Fsp3) is 0.529. The highest BCUT2D eigenvalue weighted by Gasteiger charge is 2.31. The lowest BCUT2D eigenvalue weighted by atomic mass is 9.85. The number of nitrogens with zero attached hydrogens (tertiary/aromatic N) is 1. The Balaban J connectivity index is 1.62. The first-order valence-corrected chi connectivity index (χ1v) is 7.92. The van der Waals surface area contributed by atoms with Gasteiger partial charge in [0, 0.05) is 18.0 Å². The highest BCUT2D eigenvalue weighted by atomic mass is 19.1. The molecule has 1 aromatic carbocycles. The van der Waals surface area contributed by atoms with E-state index in [-0.39, 0.29) is 17.9 Å². The van der Waals surface area contributed by atoms with Crippen molar-refractivity contribution in [2.45, 2.75) is 50.6 Å². The van der Waals surface area contributed by atoms with Gasteiger partial charge < -0.3 is 10.6 Å². The van der Waals surface area contributed by atoms with Gasteiger partial charge in [-0.25, -0.2) is 4.39 Å². The molecule has 0 unspecified atom stereocenters. The summed E-state index contributed by atoms with van der Waals surface area (Å²) in [7, 11) is 0. The van der Waals surface area contributed by atoms with Crippen LogP contribution in [0.2, 0.25) is 0 Å². The Morgan fingerprint density at radius 3 is 2.77 bits per heavy atom. The molecule has 1 amide bonds. The van der Waals surface area contributed by atoms with Crippen LogP contribution in [0.1, 0.15) is 44.1 Å². The maximum absolute atomic E-state index is 13.2. The Labute approximate surface area is 129 Å². The van der Waals surface area contributed by atoms with Gasteiger partial charge in [-0.1, -0.05) is 6.42 Å². The van der Waals surface area contributed by atoms with Gasteiger partial charge in [-0.05, 0) is 50.3 Å². The second kappa shape index (κ2) is 6.35. The van der Waals surface area contributed by atoms with Crippen molar-refractivity contribution >= 4 is 11.6 Å². The SMILES string of the molecule is N#Cc1cc(F)ccc1N[C@@H]1CCC[C@@H](C(=O)NC2CC2)C1. The van der Waals surface area contributed by atoms with Crippen LogP contribution in [-0.2, 0) is 4.79 Å². The monoisotopic (exact) mass is 301 g/mol. The van der Waals surface area contributed by atoms with Crippen LogP contribution in [0.4, 0.5) is 10.1 Å². The third-order valence-corrected chi connectivity index (χ3v) is 4.43. The fourth-order valence-corrected chi connectivity index (χ4v) is 3.06. The van der Waals surface area contributed by atoms with E-state index < -0.39 is 5.82 Å². The Morgan fingerprint density at radius 1 is 1.23 bits per heavy atom. The lowest BCUT2D eigenvalue weighted by molar-refractivity contribution is -0.126. The highest BCUT2D eigenvalue weighted by Crippen LogP contribution is 2.29. The minimum atomic E-state index is -0.410. The molecule has 5 heteroatoms. The number of anilines is 1. The first kappa shape index (κ1) is 14.8. The van der Waals surface area contributed by atoms with Gasteiger partial charge in [0.05, 0.1) is 11.3 Å². The molecule has 1 aromatic rings. The number of nitrogens with one attached hydrogen (secondary N) is 2. The Bertz CT molecular complexity index is 606. The van der Waals surface area contributed by atoms with E-state index in [2.05, 4.69) is 10.6 Å². The van der Waals surface area contributed by atoms with Crippen molar-refractivity contribution in [2.75, 3.05) is 5.32 Å². The van der Waals surface area contributed by atoms with Gasteiger partial charge >= 0.3 is 0 Å². The van der Waals surface area contributed by atoms with E-state index in [1.54, 1.807) is 6.07 Å². The number of amides is 1. The van der Waals surface area contributed by atoms with Gasteiger partial charge in [0.2, 0.25) is 5.91 Å². The van der Waals surface area contributed by atoms with Crippen LogP contribution in [0, 0.1) is 23.1 Å². The minimum Gasteiger partial charge on any atom is -0.381 e. The number of hydrogen-bond acceptors (Lipinski definition) is 3. The lowest BCUT2D eigenvalue weighted by Gasteiger charge is -2.30. The molecule has 4 nitrogen and oxygen atoms in total. The Hall–Kier alpha value is -2.09. The molecule has 0 bridgehead atoms. The fourth-order valence-electron chi connectivity index (χ4n) is 3.06. The molecule has 2 saturated carbocycles. The summed E-state index contributed by atoms with van der Waals surface area (Å²) in [5.74, 6) is -0.209. The van der Waals surface area contributed by atoms with Crippen molar-refractivity contribution in [3.63, 3.8) is 0 Å². The summed E-state index contributed by atoms with van der Waals surface area (Å²) in [6, 6.07) is 6.75. The summed E-state index contributed by atoms with van der Waals surface area (Å²) in [5.41, 5.74) is 0.960. The van der Waals surface area contributed by atoms with E-state index in [1.807, 2.05) is 6.07 Å². The molecule has 22 heavy (non-hydrogen) atoms. The number of halogens is 1. The lowest BCUT2D eigenvalue weighted by Crippen LogP contribution is -2.38. The second-order valence-electron chi connectivity index (χ2n) is 6.29. The first-order valence-electron chi connectivity index (χ1n) is 7.92. The van der Waals surface area contributed by atoms with Gasteiger partial charge in [0.1, 0.15) is 11.9 Å². The molecule has 0 aliphatic heterocycles. The number of benzene rings is 1. The molecule has 3 rings (SSSR count). The normalized spacial score (nSPS) is 24.4. The van der Waals surface area contributed by atoms with E-state index in [4.69, 9.17) is 5.26 Å². The van der Waals surface area contributed by atoms with Crippen LogP contribution in [0.15, 0.2) is 18.2 Å². The van der Waals surface area contributed by atoms with Gasteiger partial charge in [0.25, 0.3) is 0 Å². The molecule has 0 aromatic heterocycles. The standard InChI is InChI=1S/C17H20FN3O/c18-13-4-7-16(12(8-13)10-19)20-15-3-1-2-11(9-15)17(22)21-14-5-6-14/h4,7-8,11,14-15,20H,1-3,5-6,9H2,(H,21,22)/t11-,15-/m1/s1. The molecule has 2 atom stereocenters. The molecule has 2 aliphatic carbocycles. The summed E-state index contributed by atoms with van der Waals surface area (Å²) in [6.07, 6.45) is 5.84. The molecule has 2 aliphatic rings. The third-order valence-electron chi connectivity index (χ3n) is 4.43. The van der Waals surface area contributed by atoms with Crippen LogP contribution < -0.4 is 10.6 Å². The largest absolute Gasteiger partial charge is 0.381 e. The summed E-state index contributed by atoms with van der Waals surface area (Å²) in [4.78, 5) is 12.2. The van der Waals surface area contributed by atoms with Crippen molar-refractivity contribution in [3.8, 4) is 6.07 Å². The molecule has 0 radical (unpaired) electrons. The average molecular weight is 301 g/mol. The van der Waals surface area contributed by atoms with Crippen LogP contribution in [0.3, 0.4) is 0 Å². The maximum atomic E-state index is 13.2. The molecular formula is C17H20FN3O. The van der Waals surface area contributed by atoms with Crippen molar-refractivity contribution in [2.24, 2.45) is 5.92 Å². The van der Waals surface area contributed by atoms with Gasteiger partial charge in [-0.2, -0.15) is 5.26 Å². The molecule has 2 fully saturated rings. The summed E-state index contributed by atoms with van der Waals surface area (Å²) in [6.45, 7) is 0. The van der Waals surface area contributed by atoms with Crippen LogP contribution in [0.5, 0.6) is 0 Å². The Morgan fingerprint density at radius 2 is 2.05 bits per heavy atom. The molecular weight excluding hydrogens is 281 g/mol. The zero-order valence-corrected chi connectivity index (χ0v) is 12.4. The third kappa shape index (κ3) is 3.56. The summed E-state index contributed by atoms with van der Waals surface area (Å²) < 4.78 is 13.2. The smallest absolute Gasteiger partial charge is 0.223 e. The van der Waals surface area contributed by atoms with E-state index in [9.17, 15) is 9.18 Å². The number of nitriles is 1. The maximum Gasteiger partial charge on any atom is 0.223 e. The van der Waals surface area contributed by atoms with Crippen molar-refractivity contribution in [1.29, 1.82) is 5.26 Å². The average Bonchev–Trinajstić information content (AvgIpc) is 3.33. The summed E-state index contributed by atoms with van der Waals surface area (Å²) in [5, 5.41) is 15.5. The van der Waals surface area contributed by atoms with Crippen molar-refractivity contribution in [1.82, 2.24) is 5.32 Å². The molecule has 0 saturated heterocycles. The van der Waals surface area contributed by atoms with Crippen LogP contribution in [0.25, 0.3) is 0 Å². The highest BCUT2D eigenvalue weighted by molar-refractivity contribution is 5.79. The molecule has 0 spiro atoms. The zero-order chi connectivity index (χ0) is 15.5. The van der Waals surface area contributed by atoms with Crippen molar-refractivity contribution in [3.05, 3.63) is 29.6 Å². The first-order chi connectivity index (χ1) is 10.7. The van der Waals surface area contributed by atoms with Crippen LogP contribution >= 0.6 is 0 Å². The zero-order valence-electron chi connectivity index (χ0n) is 12.4. The number of hydrogen-bond donors (Lipinski definition) is 2. The summed E-state index contributed by atoms with van der Waals surface area (Å²) >= 11 is 0. The van der Waals surface area contributed by atoms with E-state index in [1.165, 1.54) is 12.1 Å². The Kier molecular flexibility index (Phi) is 4.28. The van der Waals surface area contributed by atoms with E-state index in [0.717, 1.165) is 38.5 Å². The van der Waals surface area contributed by atoms with Crippen molar-refractivity contribution < 1.29 is 9.18 Å². The quantitative estimate of drug-likeness (QED) is 0.898. The van der Waals surface area contributed by atoms with Gasteiger partial charge in [-0.3, -0.25) is 4.79 Å². The van der Waals surface area contributed by atoms with Crippen LogP contribution in [-0.4, -0.2) is 18.0 Å². The number of carbonyl (C=O) groups is 1. The second-order valence-corrected chi connectivity index (χ2v) is 6.29. The van der Waals surface area contributed by atoms with Gasteiger partial charge in [0.15, 0.2) is 0 Å².